The van der Waals surface area contributed by atoms with Gasteiger partial charge in [0, 0.05) is 10.6 Å². The molecule has 2 aromatic rings. The van der Waals surface area contributed by atoms with Crippen molar-refractivity contribution in [3.05, 3.63) is 39.9 Å². The second-order valence-electron chi connectivity index (χ2n) is 3.72. The highest BCUT2D eigenvalue weighted by molar-refractivity contribution is 6.30. The van der Waals surface area contributed by atoms with E-state index in [1.165, 1.54) is 0 Å². The van der Waals surface area contributed by atoms with Crippen molar-refractivity contribution in [1.82, 2.24) is 4.98 Å². The fourth-order valence-electron chi connectivity index (χ4n) is 1.50. The molecule has 0 saturated heterocycles. The molecule has 0 fully saturated rings. The van der Waals surface area contributed by atoms with Crippen molar-refractivity contribution >= 4 is 28.4 Å². The van der Waals surface area contributed by atoms with E-state index >= 15 is 0 Å². The van der Waals surface area contributed by atoms with Crippen molar-refractivity contribution in [3.8, 4) is 5.75 Å². The molecule has 2 rings (SSSR count). The molecule has 0 atom stereocenters. The topological polar surface area (TPSA) is 68.6 Å². The van der Waals surface area contributed by atoms with Gasteiger partial charge < -0.3 is 4.74 Å². The predicted molar refractivity (Wildman–Crippen MR) is 67.8 cm³/mol. The summed E-state index contributed by atoms with van der Waals surface area (Å²) in [4.78, 5) is 24.8. The molecule has 92 valence electrons. The summed E-state index contributed by atoms with van der Waals surface area (Å²) in [5.41, 5.74) is 1.59. The summed E-state index contributed by atoms with van der Waals surface area (Å²) < 4.78 is 5.13. The third-order valence-electron chi connectivity index (χ3n) is 2.38. The van der Waals surface area contributed by atoms with Gasteiger partial charge in [0.05, 0.1) is 5.52 Å². The zero-order valence-electron chi connectivity index (χ0n) is 9.51. The van der Waals surface area contributed by atoms with E-state index in [2.05, 4.69) is 10.2 Å². The summed E-state index contributed by atoms with van der Waals surface area (Å²) in [6.45, 7) is 1.48. The minimum Gasteiger partial charge on any atom is -0.484 e. The molecule has 6 heteroatoms. The van der Waals surface area contributed by atoms with Gasteiger partial charge in [-0.3, -0.25) is 4.79 Å². The van der Waals surface area contributed by atoms with Gasteiger partial charge in [0.25, 0.3) is 0 Å². The van der Waals surface area contributed by atoms with Gasteiger partial charge in [0.2, 0.25) is 0 Å². The Balaban J connectivity index is 2.29. The molecule has 0 unspecified atom stereocenters. The second-order valence-corrected chi connectivity index (χ2v) is 4.08. The third-order valence-corrected chi connectivity index (χ3v) is 2.76. The zero-order chi connectivity index (χ0) is 13.1. The molecule has 5 nitrogen and oxygen atoms in total. The summed E-state index contributed by atoms with van der Waals surface area (Å²) in [6, 6.07) is 6.98. The first kappa shape index (κ1) is 12.4. The molecule has 0 bridgehead atoms. The number of carbonyl (C=O) groups excluding carboxylic acids is 1. The smallest absolute Gasteiger partial charge is 0.323 e. The van der Waals surface area contributed by atoms with Crippen LogP contribution in [0.2, 0.25) is 5.15 Å². The lowest BCUT2D eigenvalue weighted by molar-refractivity contribution is -0.119. The molecular weight excluding hydrogens is 256 g/mol. The molecule has 1 aromatic carbocycles. The van der Waals surface area contributed by atoms with Crippen LogP contribution in [0.3, 0.4) is 0 Å². The lowest BCUT2D eigenvalue weighted by Crippen LogP contribution is -2.07. The van der Waals surface area contributed by atoms with Crippen LogP contribution >= 0.6 is 11.6 Å². The van der Waals surface area contributed by atoms with E-state index in [4.69, 9.17) is 16.3 Å². The number of nitroso groups, excluding NO2 is 1. The fourth-order valence-corrected chi connectivity index (χ4v) is 1.64. The number of pyridine rings is 1. The summed E-state index contributed by atoms with van der Waals surface area (Å²) >= 11 is 5.91. The predicted octanol–water partition coefficient (Wildman–Crippen LogP) is 2.87. The number of hydrogen-bond donors (Lipinski definition) is 0. The van der Waals surface area contributed by atoms with Crippen molar-refractivity contribution in [1.29, 1.82) is 0 Å². The number of nitrogens with zero attached hydrogens (tertiary/aromatic N) is 2. The van der Waals surface area contributed by atoms with E-state index in [1.807, 2.05) is 13.0 Å². The quantitative estimate of drug-likeness (QED) is 0.631. The molecule has 0 N–H and O–H groups in total. The van der Waals surface area contributed by atoms with Gasteiger partial charge in [-0.1, -0.05) is 11.6 Å². The summed E-state index contributed by atoms with van der Waals surface area (Å²) in [5.74, 6) is -0.372. The van der Waals surface area contributed by atoms with E-state index in [0.717, 1.165) is 16.5 Å². The highest BCUT2D eigenvalue weighted by Crippen LogP contribution is 2.23. The molecule has 0 aliphatic rings. The van der Waals surface area contributed by atoms with E-state index in [-0.39, 0.29) is 6.61 Å². The lowest BCUT2D eigenvalue weighted by Gasteiger charge is -2.05. The van der Waals surface area contributed by atoms with E-state index < -0.39 is 5.91 Å². The minimum absolute atomic E-state index is 0.366. The molecule has 1 heterocycles. The Morgan fingerprint density at radius 2 is 2.22 bits per heavy atom. The number of fused-ring (bicyclic) bond motifs is 1. The maximum atomic E-state index is 10.7. The van der Waals surface area contributed by atoms with Gasteiger partial charge in [-0.2, -0.15) is 0 Å². The Labute approximate surface area is 108 Å². The first-order chi connectivity index (χ1) is 8.60. The molecule has 0 aliphatic heterocycles. The molecule has 1 amide bonds. The molecule has 0 radical (unpaired) electrons. The van der Waals surface area contributed by atoms with Gasteiger partial charge in [-0.15, -0.1) is 4.91 Å². The maximum absolute atomic E-state index is 10.7. The fraction of sp³-hybridized carbons (Fsp3) is 0.167. The van der Waals surface area contributed by atoms with Crippen LogP contribution in [-0.2, 0) is 4.79 Å². The molecular formula is C12H9ClN2O3. The second kappa shape index (κ2) is 5.10. The monoisotopic (exact) mass is 264 g/mol. The van der Waals surface area contributed by atoms with Crippen molar-refractivity contribution in [2.45, 2.75) is 6.92 Å². The number of amides is 1. The standard InChI is InChI=1S/C12H9ClN2O3/c1-7-4-8-5-9(18-6-11(16)15-17)2-3-10(8)14-12(7)13/h2-5H,6H2,1H3. The Kier molecular flexibility index (Phi) is 3.53. The van der Waals surface area contributed by atoms with Crippen LogP contribution in [0, 0.1) is 11.8 Å². The van der Waals surface area contributed by atoms with Crippen LogP contribution in [-0.4, -0.2) is 17.5 Å². The zero-order valence-corrected chi connectivity index (χ0v) is 10.3. The molecule has 0 spiro atoms. The van der Waals surface area contributed by atoms with Crippen LogP contribution in [0.1, 0.15) is 5.56 Å². The highest BCUT2D eigenvalue weighted by Gasteiger charge is 2.05. The van der Waals surface area contributed by atoms with E-state index in [0.29, 0.717) is 10.9 Å². The SMILES string of the molecule is Cc1cc2cc(OCC(=O)N=O)ccc2nc1Cl. The number of carbonyl (C=O) groups is 1. The number of hydrogen-bond acceptors (Lipinski definition) is 4. The average molecular weight is 265 g/mol. The molecule has 0 saturated carbocycles. The summed E-state index contributed by atoms with van der Waals surface area (Å²) in [5, 5.41) is 3.55. The van der Waals surface area contributed by atoms with Crippen molar-refractivity contribution in [3.63, 3.8) is 0 Å². The summed E-state index contributed by atoms with van der Waals surface area (Å²) in [7, 11) is 0. The molecule has 1 aromatic heterocycles. The van der Waals surface area contributed by atoms with Crippen molar-refractivity contribution in [2.24, 2.45) is 5.18 Å². The van der Waals surface area contributed by atoms with Gasteiger partial charge in [0.15, 0.2) is 6.61 Å². The molecule has 18 heavy (non-hydrogen) atoms. The van der Waals surface area contributed by atoms with Crippen LogP contribution in [0.4, 0.5) is 0 Å². The number of ether oxygens (including phenoxy) is 1. The van der Waals surface area contributed by atoms with Gasteiger partial charge in [0.1, 0.15) is 10.9 Å². The van der Waals surface area contributed by atoms with Crippen LogP contribution in [0.15, 0.2) is 29.4 Å². The normalized spacial score (nSPS) is 10.3. The number of aryl methyl sites for hydroxylation is 1. The average Bonchev–Trinajstić information content (AvgIpc) is 2.37. The van der Waals surface area contributed by atoms with E-state index in [9.17, 15) is 9.70 Å². The van der Waals surface area contributed by atoms with Gasteiger partial charge in [-0.25, -0.2) is 4.98 Å². The molecule has 0 aliphatic carbocycles. The van der Waals surface area contributed by atoms with Gasteiger partial charge in [-0.05, 0) is 36.8 Å². The van der Waals surface area contributed by atoms with Crippen molar-refractivity contribution in [2.75, 3.05) is 6.61 Å². The largest absolute Gasteiger partial charge is 0.484 e. The number of aromatic nitrogens is 1. The van der Waals surface area contributed by atoms with Crippen LogP contribution in [0.25, 0.3) is 10.9 Å². The first-order valence-corrected chi connectivity index (χ1v) is 5.54. The minimum atomic E-state index is -0.847. The number of halogens is 1. The Bertz CT molecular complexity index is 628. The Hall–Kier alpha value is -2.01. The first-order valence-electron chi connectivity index (χ1n) is 5.16. The third kappa shape index (κ3) is 2.62. The maximum Gasteiger partial charge on any atom is 0.323 e. The van der Waals surface area contributed by atoms with Crippen LogP contribution < -0.4 is 4.74 Å². The highest BCUT2D eigenvalue weighted by atomic mass is 35.5. The van der Waals surface area contributed by atoms with Crippen LogP contribution in [0.5, 0.6) is 5.75 Å². The van der Waals surface area contributed by atoms with E-state index in [1.54, 1.807) is 18.2 Å². The number of benzene rings is 1. The Morgan fingerprint density at radius 3 is 2.94 bits per heavy atom. The Morgan fingerprint density at radius 1 is 1.44 bits per heavy atom. The van der Waals surface area contributed by atoms with Gasteiger partial charge >= 0.3 is 5.91 Å². The lowest BCUT2D eigenvalue weighted by atomic mass is 10.1. The summed E-state index contributed by atoms with van der Waals surface area (Å²) in [6.07, 6.45) is 0. The van der Waals surface area contributed by atoms with Crippen molar-refractivity contribution < 1.29 is 9.53 Å². The number of rotatable bonds is 3.